The number of rotatable bonds is 3. The Kier molecular flexibility index (Phi) is 4.30. The van der Waals surface area contributed by atoms with Crippen molar-refractivity contribution in [3.05, 3.63) is 29.3 Å². The summed E-state index contributed by atoms with van der Waals surface area (Å²) in [6.45, 7) is 4.71. The van der Waals surface area contributed by atoms with Gasteiger partial charge in [0.1, 0.15) is 0 Å². The number of amides is 1. The summed E-state index contributed by atoms with van der Waals surface area (Å²) < 4.78 is 0. The maximum absolute atomic E-state index is 12.2. The topological polar surface area (TPSA) is 46.3 Å². The highest BCUT2D eigenvalue weighted by molar-refractivity contribution is 8.00. The van der Waals surface area contributed by atoms with Crippen molar-refractivity contribution in [3.63, 3.8) is 0 Å². The number of carbonyl (C=O) groups excluding carboxylic acids is 1. The maximum atomic E-state index is 12.2. The molecule has 4 heteroatoms. The van der Waals surface area contributed by atoms with Gasteiger partial charge in [-0.05, 0) is 24.5 Å². The fraction of sp³-hybridized carbons (Fsp3) is 0.500. The summed E-state index contributed by atoms with van der Waals surface area (Å²) in [6, 6.07) is 6.35. The first-order valence-corrected chi connectivity index (χ1v) is 7.52. The second kappa shape index (κ2) is 5.76. The average Bonchev–Trinajstić information content (AvgIpc) is 2.38. The lowest BCUT2D eigenvalue weighted by Gasteiger charge is -2.36. The predicted molar refractivity (Wildman–Crippen MR) is 78.2 cm³/mol. The van der Waals surface area contributed by atoms with Gasteiger partial charge in [-0.2, -0.15) is 0 Å². The van der Waals surface area contributed by atoms with Crippen molar-refractivity contribution in [1.29, 1.82) is 0 Å². The van der Waals surface area contributed by atoms with E-state index in [1.807, 2.05) is 4.90 Å². The van der Waals surface area contributed by atoms with E-state index in [-0.39, 0.29) is 11.9 Å². The third-order valence-electron chi connectivity index (χ3n) is 3.38. The number of carbonyl (C=O) groups is 1. The smallest absolute Gasteiger partial charge is 0.237 e. The number of hydrogen-bond donors (Lipinski definition) is 1. The van der Waals surface area contributed by atoms with Crippen LogP contribution >= 0.6 is 11.8 Å². The highest BCUT2D eigenvalue weighted by Crippen LogP contribution is 2.31. The normalized spacial score (nSPS) is 20.3. The molecule has 0 bridgehead atoms. The number of thioether (sulfide) groups is 1. The second-order valence-electron chi connectivity index (χ2n) is 4.60. The molecule has 2 rings (SSSR count). The van der Waals surface area contributed by atoms with E-state index in [1.54, 1.807) is 11.8 Å². The predicted octanol–water partition coefficient (Wildman–Crippen LogP) is 1.96. The van der Waals surface area contributed by atoms with Gasteiger partial charge in [0, 0.05) is 12.3 Å². The van der Waals surface area contributed by atoms with Crippen LogP contribution in [-0.2, 0) is 11.2 Å². The fourth-order valence-corrected chi connectivity index (χ4v) is 3.45. The molecule has 98 valence electrons. The molecule has 1 atom stereocenters. The Morgan fingerprint density at radius 3 is 2.94 bits per heavy atom. The number of anilines is 1. The summed E-state index contributed by atoms with van der Waals surface area (Å²) in [5.41, 5.74) is 9.30. The standard InChI is InChI=1S/C14H20N2OS/c1-3-11-6-4-5-10(2)14(11)16-12(7-15)8-18-9-13(16)17/h4-6,12H,3,7-9,15H2,1-2H3. The zero-order valence-corrected chi connectivity index (χ0v) is 11.8. The van der Waals surface area contributed by atoms with Gasteiger partial charge in [-0.1, -0.05) is 25.1 Å². The number of nitrogens with two attached hydrogens (primary N) is 1. The summed E-state index contributed by atoms with van der Waals surface area (Å²) in [6.07, 6.45) is 0.936. The molecule has 1 heterocycles. The Labute approximate surface area is 113 Å². The van der Waals surface area contributed by atoms with Crippen LogP contribution in [0.1, 0.15) is 18.1 Å². The fourth-order valence-electron chi connectivity index (χ4n) is 2.46. The van der Waals surface area contributed by atoms with Gasteiger partial charge in [0.15, 0.2) is 0 Å². The van der Waals surface area contributed by atoms with E-state index >= 15 is 0 Å². The first kappa shape index (κ1) is 13.4. The lowest BCUT2D eigenvalue weighted by molar-refractivity contribution is -0.116. The molecular weight excluding hydrogens is 244 g/mol. The van der Waals surface area contributed by atoms with Crippen LogP contribution in [-0.4, -0.2) is 30.0 Å². The molecule has 1 aliphatic heterocycles. The molecule has 1 fully saturated rings. The van der Waals surface area contributed by atoms with Gasteiger partial charge in [-0.15, -0.1) is 11.8 Å². The molecule has 1 amide bonds. The Balaban J connectivity index is 2.47. The van der Waals surface area contributed by atoms with Crippen LogP contribution < -0.4 is 10.6 Å². The van der Waals surface area contributed by atoms with Gasteiger partial charge in [0.05, 0.1) is 17.5 Å². The van der Waals surface area contributed by atoms with Crippen molar-refractivity contribution < 1.29 is 4.79 Å². The molecule has 1 unspecified atom stereocenters. The zero-order valence-electron chi connectivity index (χ0n) is 11.0. The van der Waals surface area contributed by atoms with E-state index in [0.717, 1.165) is 23.4 Å². The molecule has 1 saturated heterocycles. The lowest BCUT2D eigenvalue weighted by atomic mass is 10.0. The van der Waals surface area contributed by atoms with Crippen LogP contribution in [0.3, 0.4) is 0 Å². The van der Waals surface area contributed by atoms with Gasteiger partial charge in [0.25, 0.3) is 0 Å². The summed E-state index contributed by atoms with van der Waals surface area (Å²) in [4.78, 5) is 14.2. The lowest BCUT2D eigenvalue weighted by Crippen LogP contribution is -2.51. The van der Waals surface area contributed by atoms with E-state index in [2.05, 4.69) is 32.0 Å². The first-order valence-electron chi connectivity index (χ1n) is 6.37. The summed E-state index contributed by atoms with van der Waals surface area (Å²) in [5, 5.41) is 0. The van der Waals surface area contributed by atoms with Gasteiger partial charge in [0.2, 0.25) is 5.91 Å². The Hall–Kier alpha value is -1.000. The largest absolute Gasteiger partial charge is 0.328 e. The minimum absolute atomic E-state index is 0.127. The highest BCUT2D eigenvalue weighted by atomic mass is 32.2. The molecule has 1 aliphatic rings. The van der Waals surface area contributed by atoms with Gasteiger partial charge < -0.3 is 10.6 Å². The summed E-state index contributed by atoms with van der Waals surface area (Å²) in [7, 11) is 0. The van der Waals surface area contributed by atoms with Gasteiger partial charge in [-0.3, -0.25) is 4.79 Å². The van der Waals surface area contributed by atoms with Crippen LogP contribution in [0.5, 0.6) is 0 Å². The van der Waals surface area contributed by atoms with Crippen LogP contribution in [0, 0.1) is 6.92 Å². The van der Waals surface area contributed by atoms with Crippen molar-refractivity contribution in [2.24, 2.45) is 5.73 Å². The Morgan fingerprint density at radius 2 is 2.28 bits per heavy atom. The molecule has 3 nitrogen and oxygen atoms in total. The van der Waals surface area contributed by atoms with E-state index in [0.29, 0.717) is 12.3 Å². The van der Waals surface area contributed by atoms with E-state index in [1.165, 1.54) is 5.56 Å². The quantitative estimate of drug-likeness (QED) is 0.908. The van der Waals surface area contributed by atoms with E-state index in [4.69, 9.17) is 5.73 Å². The maximum Gasteiger partial charge on any atom is 0.237 e. The van der Waals surface area contributed by atoms with Crippen LogP contribution in [0.4, 0.5) is 5.69 Å². The monoisotopic (exact) mass is 264 g/mol. The number of nitrogens with zero attached hydrogens (tertiary/aromatic N) is 1. The molecule has 1 aromatic rings. The summed E-state index contributed by atoms with van der Waals surface area (Å²) >= 11 is 1.68. The summed E-state index contributed by atoms with van der Waals surface area (Å²) in [5.74, 6) is 1.68. The Bertz CT molecular complexity index is 447. The number of benzene rings is 1. The molecule has 1 aromatic carbocycles. The minimum atomic E-state index is 0.127. The van der Waals surface area contributed by atoms with Crippen molar-refractivity contribution in [3.8, 4) is 0 Å². The van der Waals surface area contributed by atoms with Gasteiger partial charge in [-0.25, -0.2) is 0 Å². The molecule has 0 radical (unpaired) electrons. The first-order chi connectivity index (χ1) is 8.69. The SMILES string of the molecule is CCc1cccc(C)c1N1C(=O)CSCC1CN. The zero-order chi connectivity index (χ0) is 13.1. The molecule has 0 spiro atoms. The second-order valence-corrected chi connectivity index (χ2v) is 5.63. The van der Waals surface area contributed by atoms with Gasteiger partial charge >= 0.3 is 0 Å². The van der Waals surface area contributed by atoms with Crippen LogP contribution in [0.2, 0.25) is 0 Å². The molecular formula is C14H20N2OS. The highest BCUT2D eigenvalue weighted by Gasteiger charge is 2.30. The molecule has 0 aliphatic carbocycles. The van der Waals surface area contributed by atoms with Crippen molar-refractivity contribution >= 4 is 23.4 Å². The average molecular weight is 264 g/mol. The minimum Gasteiger partial charge on any atom is -0.328 e. The van der Waals surface area contributed by atoms with E-state index in [9.17, 15) is 4.79 Å². The van der Waals surface area contributed by atoms with Crippen LogP contribution in [0.25, 0.3) is 0 Å². The van der Waals surface area contributed by atoms with Crippen molar-refractivity contribution in [2.45, 2.75) is 26.3 Å². The van der Waals surface area contributed by atoms with E-state index < -0.39 is 0 Å². The van der Waals surface area contributed by atoms with Crippen molar-refractivity contribution in [1.82, 2.24) is 0 Å². The molecule has 2 N–H and O–H groups in total. The number of hydrogen-bond acceptors (Lipinski definition) is 3. The molecule has 18 heavy (non-hydrogen) atoms. The third kappa shape index (κ3) is 2.40. The number of para-hydroxylation sites is 1. The third-order valence-corrected chi connectivity index (χ3v) is 4.46. The molecule has 0 saturated carbocycles. The van der Waals surface area contributed by atoms with Crippen LogP contribution in [0.15, 0.2) is 18.2 Å². The number of aryl methyl sites for hydroxylation is 2. The molecule has 0 aromatic heterocycles. The van der Waals surface area contributed by atoms with Crippen molar-refractivity contribution in [2.75, 3.05) is 23.0 Å². The Morgan fingerprint density at radius 1 is 1.50 bits per heavy atom.